The predicted molar refractivity (Wildman–Crippen MR) is 86.7 cm³/mol. The normalized spacial score (nSPS) is 10.4. The van der Waals surface area contributed by atoms with E-state index in [4.69, 9.17) is 32.7 Å². The van der Waals surface area contributed by atoms with Crippen LogP contribution in [0.3, 0.4) is 0 Å². The Morgan fingerprint density at radius 1 is 0.952 bits per heavy atom. The molecule has 0 radical (unpaired) electrons. The minimum absolute atomic E-state index is 0.421. The second-order valence-electron chi connectivity index (χ2n) is 4.44. The number of halogens is 2. The van der Waals surface area contributed by atoms with Crippen LogP contribution in [0.2, 0.25) is 10.0 Å². The molecule has 0 aliphatic heterocycles. The molecule has 0 amide bonds. The van der Waals surface area contributed by atoms with Gasteiger partial charge in [-0.3, -0.25) is 0 Å². The minimum Gasteiger partial charge on any atom is -0.490 e. The molecule has 2 rings (SSSR count). The van der Waals surface area contributed by atoms with Gasteiger partial charge in [0.2, 0.25) is 0 Å². The predicted octanol–water partition coefficient (Wildman–Crippen LogP) is 4.17. The van der Waals surface area contributed by atoms with Gasteiger partial charge in [0.1, 0.15) is 24.7 Å². The number of benzene rings is 2. The van der Waals surface area contributed by atoms with E-state index in [0.29, 0.717) is 29.0 Å². The van der Waals surface area contributed by atoms with Crippen LogP contribution in [0.5, 0.6) is 11.5 Å². The van der Waals surface area contributed by atoms with E-state index in [1.807, 2.05) is 31.3 Å². The number of hydrogen-bond donors (Lipinski definition) is 1. The van der Waals surface area contributed by atoms with Crippen LogP contribution in [0.1, 0.15) is 5.56 Å². The maximum Gasteiger partial charge on any atom is 0.123 e. The highest BCUT2D eigenvalue weighted by Gasteiger charge is 2.03. The van der Waals surface area contributed by atoms with E-state index in [1.165, 1.54) is 0 Å². The zero-order chi connectivity index (χ0) is 15.1. The lowest BCUT2D eigenvalue weighted by Gasteiger charge is -2.12. The Labute approximate surface area is 134 Å². The van der Waals surface area contributed by atoms with Crippen molar-refractivity contribution in [2.75, 3.05) is 20.3 Å². The van der Waals surface area contributed by atoms with Crippen LogP contribution in [-0.2, 0) is 6.54 Å². The highest BCUT2D eigenvalue weighted by atomic mass is 35.5. The molecular weight excluding hydrogens is 309 g/mol. The minimum atomic E-state index is 0.421. The molecule has 21 heavy (non-hydrogen) atoms. The van der Waals surface area contributed by atoms with Gasteiger partial charge in [0.05, 0.1) is 0 Å². The van der Waals surface area contributed by atoms with E-state index >= 15 is 0 Å². The van der Waals surface area contributed by atoms with Crippen LogP contribution in [0.15, 0.2) is 42.5 Å². The average molecular weight is 326 g/mol. The summed E-state index contributed by atoms with van der Waals surface area (Å²) in [5, 5.41) is 4.22. The van der Waals surface area contributed by atoms with Crippen molar-refractivity contribution in [3.63, 3.8) is 0 Å². The van der Waals surface area contributed by atoms with Crippen molar-refractivity contribution in [2.45, 2.75) is 6.54 Å². The van der Waals surface area contributed by atoms with Crippen molar-refractivity contribution < 1.29 is 9.47 Å². The summed E-state index contributed by atoms with van der Waals surface area (Å²) in [7, 11) is 1.91. The molecule has 0 aromatic heterocycles. The van der Waals surface area contributed by atoms with Crippen LogP contribution in [0, 0.1) is 0 Å². The molecule has 0 unspecified atom stereocenters. The molecule has 0 saturated carbocycles. The first-order valence-corrected chi connectivity index (χ1v) is 7.39. The third-order valence-corrected chi connectivity index (χ3v) is 3.22. The second-order valence-corrected chi connectivity index (χ2v) is 5.31. The van der Waals surface area contributed by atoms with E-state index < -0.39 is 0 Å². The first kappa shape index (κ1) is 16.0. The van der Waals surface area contributed by atoms with Crippen molar-refractivity contribution in [3.05, 3.63) is 58.1 Å². The number of para-hydroxylation sites is 1. The lowest BCUT2D eigenvalue weighted by molar-refractivity contribution is 0.216. The molecule has 0 atom stereocenters. The topological polar surface area (TPSA) is 30.5 Å². The fourth-order valence-electron chi connectivity index (χ4n) is 1.90. The molecule has 2 aromatic carbocycles. The highest BCUT2D eigenvalue weighted by Crippen LogP contribution is 2.24. The van der Waals surface area contributed by atoms with Crippen molar-refractivity contribution in [1.29, 1.82) is 0 Å². The maximum atomic E-state index is 5.91. The van der Waals surface area contributed by atoms with Gasteiger partial charge < -0.3 is 14.8 Å². The van der Waals surface area contributed by atoms with E-state index in [-0.39, 0.29) is 0 Å². The number of ether oxygens (including phenoxy) is 2. The Kier molecular flexibility index (Phi) is 6.18. The summed E-state index contributed by atoms with van der Waals surface area (Å²) in [6, 6.07) is 13.0. The molecule has 2 aromatic rings. The molecule has 112 valence electrons. The molecule has 1 N–H and O–H groups in total. The van der Waals surface area contributed by atoms with E-state index in [0.717, 1.165) is 17.9 Å². The van der Waals surface area contributed by atoms with Crippen LogP contribution in [0.4, 0.5) is 0 Å². The molecule has 5 heteroatoms. The largest absolute Gasteiger partial charge is 0.490 e. The number of hydrogen-bond acceptors (Lipinski definition) is 3. The number of rotatable bonds is 7. The summed E-state index contributed by atoms with van der Waals surface area (Å²) in [4.78, 5) is 0. The first-order chi connectivity index (χ1) is 10.2. The summed E-state index contributed by atoms with van der Waals surface area (Å²) in [5.41, 5.74) is 1.12. The van der Waals surface area contributed by atoms with Gasteiger partial charge in [0.25, 0.3) is 0 Å². The van der Waals surface area contributed by atoms with E-state index in [2.05, 4.69) is 5.32 Å². The van der Waals surface area contributed by atoms with Crippen LogP contribution in [-0.4, -0.2) is 20.3 Å². The highest BCUT2D eigenvalue weighted by molar-refractivity contribution is 6.34. The van der Waals surface area contributed by atoms with Crippen LogP contribution < -0.4 is 14.8 Å². The van der Waals surface area contributed by atoms with Gasteiger partial charge in [0.15, 0.2) is 0 Å². The molecule has 0 heterocycles. The molecule has 0 spiro atoms. The Hall–Kier alpha value is -1.42. The standard InChI is InChI=1S/C16H17Cl2NO2/c1-19-11-12-4-2-3-5-16(12)21-7-6-20-15-9-13(17)8-14(18)10-15/h2-5,8-10,19H,6-7,11H2,1H3. The van der Waals surface area contributed by atoms with Gasteiger partial charge >= 0.3 is 0 Å². The lowest BCUT2D eigenvalue weighted by Crippen LogP contribution is -2.12. The Balaban J connectivity index is 1.84. The van der Waals surface area contributed by atoms with Crippen molar-refractivity contribution >= 4 is 23.2 Å². The van der Waals surface area contributed by atoms with Gasteiger partial charge in [-0.05, 0) is 31.3 Å². The van der Waals surface area contributed by atoms with E-state index in [9.17, 15) is 0 Å². The molecule has 0 bridgehead atoms. The summed E-state index contributed by atoms with van der Waals surface area (Å²) in [5.74, 6) is 1.50. The van der Waals surface area contributed by atoms with Crippen molar-refractivity contribution in [2.24, 2.45) is 0 Å². The zero-order valence-electron chi connectivity index (χ0n) is 11.7. The van der Waals surface area contributed by atoms with Gasteiger partial charge in [-0.25, -0.2) is 0 Å². The molecule has 0 aliphatic rings. The summed E-state index contributed by atoms with van der Waals surface area (Å²) in [6.07, 6.45) is 0. The third kappa shape index (κ3) is 5.12. The lowest BCUT2D eigenvalue weighted by atomic mass is 10.2. The molecular formula is C16H17Cl2NO2. The van der Waals surface area contributed by atoms with Gasteiger partial charge in [-0.15, -0.1) is 0 Å². The van der Waals surface area contributed by atoms with Crippen LogP contribution >= 0.6 is 23.2 Å². The fraction of sp³-hybridized carbons (Fsp3) is 0.250. The molecule has 0 aliphatic carbocycles. The molecule has 0 fully saturated rings. The third-order valence-electron chi connectivity index (χ3n) is 2.79. The smallest absolute Gasteiger partial charge is 0.123 e. The first-order valence-electron chi connectivity index (χ1n) is 6.63. The monoisotopic (exact) mass is 325 g/mol. The molecule has 3 nitrogen and oxygen atoms in total. The Morgan fingerprint density at radius 3 is 2.33 bits per heavy atom. The van der Waals surface area contributed by atoms with Gasteiger partial charge in [-0.1, -0.05) is 41.4 Å². The number of nitrogens with one attached hydrogen (secondary N) is 1. The zero-order valence-corrected chi connectivity index (χ0v) is 13.2. The fourth-order valence-corrected chi connectivity index (χ4v) is 2.41. The van der Waals surface area contributed by atoms with Gasteiger partial charge in [-0.2, -0.15) is 0 Å². The SMILES string of the molecule is CNCc1ccccc1OCCOc1cc(Cl)cc(Cl)c1. The average Bonchev–Trinajstić information content (AvgIpc) is 2.44. The summed E-state index contributed by atoms with van der Waals surface area (Å²) >= 11 is 11.8. The maximum absolute atomic E-state index is 5.91. The van der Waals surface area contributed by atoms with Crippen molar-refractivity contribution in [3.8, 4) is 11.5 Å². The Bertz CT molecular complexity index is 570. The summed E-state index contributed by atoms with van der Waals surface area (Å²) < 4.78 is 11.3. The summed E-state index contributed by atoms with van der Waals surface area (Å²) in [6.45, 7) is 1.64. The van der Waals surface area contributed by atoms with E-state index in [1.54, 1.807) is 18.2 Å². The Morgan fingerprint density at radius 2 is 1.62 bits per heavy atom. The second kappa shape index (κ2) is 8.13. The van der Waals surface area contributed by atoms with Crippen molar-refractivity contribution in [1.82, 2.24) is 5.32 Å². The quantitative estimate of drug-likeness (QED) is 0.775. The van der Waals surface area contributed by atoms with Crippen LogP contribution in [0.25, 0.3) is 0 Å². The molecule has 0 saturated heterocycles. The van der Waals surface area contributed by atoms with Gasteiger partial charge in [0, 0.05) is 22.2 Å².